The van der Waals surface area contributed by atoms with Crippen LogP contribution in [0.4, 0.5) is 0 Å². The van der Waals surface area contributed by atoms with Gasteiger partial charge in [0.1, 0.15) is 0 Å². The maximum absolute atomic E-state index is 2.36. The normalized spacial score (nSPS) is 18.2. The largest absolute Gasteiger partial charge is 0.327 e. The van der Waals surface area contributed by atoms with E-state index in [0.29, 0.717) is 5.92 Å². The van der Waals surface area contributed by atoms with Gasteiger partial charge < -0.3 is 9.38 Å². The van der Waals surface area contributed by atoms with Gasteiger partial charge >= 0.3 is 0 Å². The molecule has 1 aliphatic rings. The fourth-order valence-electron chi connectivity index (χ4n) is 2.93. The Balaban J connectivity index is 2.58. The lowest BCUT2D eigenvalue weighted by atomic mass is 9.93. The summed E-state index contributed by atoms with van der Waals surface area (Å²) in [6, 6.07) is 0. The number of nitrogens with zero attached hydrogens (tertiary/aromatic N) is 2. The first-order chi connectivity index (χ1) is 8.65. The van der Waals surface area contributed by atoms with E-state index >= 15 is 0 Å². The Morgan fingerprint density at radius 3 is 1.79 bits per heavy atom. The summed E-state index contributed by atoms with van der Waals surface area (Å²) in [5, 5.41) is 0. The summed E-state index contributed by atoms with van der Waals surface area (Å²) in [6.45, 7) is 12.8. The zero-order valence-electron chi connectivity index (χ0n) is 14.3. The predicted molar refractivity (Wildman–Crippen MR) is 85.3 cm³/mol. The second kappa shape index (κ2) is 6.23. The van der Waals surface area contributed by atoms with E-state index < -0.39 is 0 Å². The van der Waals surface area contributed by atoms with Crippen molar-refractivity contribution in [1.29, 1.82) is 0 Å². The Kier molecular flexibility index (Phi) is 5.40. The summed E-state index contributed by atoms with van der Waals surface area (Å²) in [6.07, 6.45) is 1.28. The molecule has 0 amide bonds. The number of likely N-dealkylation sites (N-methyl/N-ethyl adjacent to an activating group) is 2. The number of allylic oxidation sites excluding steroid dienone is 4. The maximum atomic E-state index is 2.36. The topological polar surface area (TPSA) is 3.24 Å². The van der Waals surface area contributed by atoms with Crippen molar-refractivity contribution in [3.8, 4) is 0 Å². The molecule has 0 spiro atoms. The van der Waals surface area contributed by atoms with Crippen molar-refractivity contribution >= 4 is 0 Å². The number of hydrogen-bond donors (Lipinski definition) is 0. The molecule has 19 heavy (non-hydrogen) atoms. The van der Waals surface area contributed by atoms with E-state index in [1.165, 1.54) is 37.2 Å². The third kappa shape index (κ3) is 4.19. The van der Waals surface area contributed by atoms with Crippen LogP contribution in [0.25, 0.3) is 0 Å². The molecule has 0 aromatic carbocycles. The van der Waals surface area contributed by atoms with Gasteiger partial charge in [-0.2, -0.15) is 0 Å². The molecule has 110 valence electrons. The van der Waals surface area contributed by atoms with Gasteiger partial charge in [0, 0.05) is 18.9 Å². The average Bonchev–Trinajstić information content (AvgIpc) is 2.50. The van der Waals surface area contributed by atoms with Gasteiger partial charge in [0.15, 0.2) is 0 Å². The third-order valence-corrected chi connectivity index (χ3v) is 4.97. The van der Waals surface area contributed by atoms with Crippen LogP contribution in [0.5, 0.6) is 0 Å². The molecule has 0 fully saturated rings. The molecule has 0 heterocycles. The van der Waals surface area contributed by atoms with Gasteiger partial charge in [-0.1, -0.05) is 11.1 Å². The Morgan fingerprint density at radius 1 is 0.895 bits per heavy atom. The van der Waals surface area contributed by atoms with E-state index in [-0.39, 0.29) is 0 Å². The molecule has 2 nitrogen and oxygen atoms in total. The van der Waals surface area contributed by atoms with Gasteiger partial charge in [0.05, 0.1) is 27.2 Å². The van der Waals surface area contributed by atoms with Crippen molar-refractivity contribution in [1.82, 2.24) is 4.90 Å². The first-order valence-corrected chi connectivity index (χ1v) is 7.47. The number of rotatable bonds is 6. The standard InChI is InChI=1S/C17H33N2/c1-13-14(2)16(4)17(15(13)3)9-11-19(7,8)12-10-18(5)6/h17H,9-12H2,1-8H3/q+1. The quantitative estimate of drug-likeness (QED) is 0.666. The Labute approximate surface area is 120 Å². The van der Waals surface area contributed by atoms with Crippen LogP contribution in [0.2, 0.25) is 0 Å². The molecule has 0 N–H and O–H groups in total. The molecule has 0 bridgehead atoms. The van der Waals surface area contributed by atoms with Gasteiger partial charge in [-0.05, 0) is 52.9 Å². The predicted octanol–water partition coefficient (Wildman–Crippen LogP) is 3.32. The van der Waals surface area contributed by atoms with Crippen LogP contribution < -0.4 is 0 Å². The minimum Gasteiger partial charge on any atom is -0.327 e. The van der Waals surface area contributed by atoms with Crippen molar-refractivity contribution in [3.05, 3.63) is 22.3 Å². The lowest BCUT2D eigenvalue weighted by molar-refractivity contribution is -0.890. The molecule has 1 rings (SSSR count). The lowest BCUT2D eigenvalue weighted by Crippen LogP contribution is -2.45. The summed E-state index contributed by atoms with van der Waals surface area (Å²) >= 11 is 0. The highest BCUT2D eigenvalue weighted by Gasteiger charge is 2.26. The number of hydrogen-bond acceptors (Lipinski definition) is 1. The highest BCUT2D eigenvalue weighted by molar-refractivity contribution is 5.46. The van der Waals surface area contributed by atoms with Crippen molar-refractivity contribution in [2.45, 2.75) is 34.1 Å². The van der Waals surface area contributed by atoms with Gasteiger partial charge in [0.2, 0.25) is 0 Å². The second-order valence-corrected chi connectivity index (χ2v) is 7.14. The first kappa shape index (κ1) is 16.5. The van der Waals surface area contributed by atoms with E-state index in [2.05, 4.69) is 60.8 Å². The summed E-state index contributed by atoms with van der Waals surface area (Å²) in [4.78, 5) is 2.28. The Morgan fingerprint density at radius 2 is 1.37 bits per heavy atom. The molecular weight excluding hydrogens is 232 g/mol. The molecule has 0 saturated heterocycles. The summed E-state index contributed by atoms with van der Waals surface area (Å²) < 4.78 is 1.12. The van der Waals surface area contributed by atoms with Gasteiger partial charge in [0.25, 0.3) is 0 Å². The van der Waals surface area contributed by atoms with Crippen LogP contribution >= 0.6 is 0 Å². The molecule has 0 atom stereocenters. The molecule has 1 aliphatic carbocycles. The SMILES string of the molecule is CC1=C(C)C(CC[N+](C)(C)CCN(C)C)C(C)=C1C. The molecule has 2 heteroatoms. The first-order valence-electron chi connectivity index (χ1n) is 7.47. The molecule has 0 aliphatic heterocycles. The van der Waals surface area contributed by atoms with Crippen molar-refractivity contribution < 1.29 is 4.48 Å². The van der Waals surface area contributed by atoms with E-state index in [9.17, 15) is 0 Å². The van der Waals surface area contributed by atoms with Crippen molar-refractivity contribution in [3.63, 3.8) is 0 Å². The zero-order valence-corrected chi connectivity index (χ0v) is 14.3. The van der Waals surface area contributed by atoms with Crippen LogP contribution in [0.15, 0.2) is 22.3 Å². The average molecular weight is 265 g/mol. The lowest BCUT2D eigenvalue weighted by Gasteiger charge is -2.32. The fourth-order valence-corrected chi connectivity index (χ4v) is 2.93. The highest BCUT2D eigenvalue weighted by Crippen LogP contribution is 2.38. The molecule has 0 unspecified atom stereocenters. The molecule has 0 aromatic rings. The zero-order chi connectivity index (χ0) is 14.8. The number of quaternary nitrogens is 1. The molecular formula is C17H33N2+. The molecule has 0 saturated carbocycles. The monoisotopic (exact) mass is 265 g/mol. The second-order valence-electron chi connectivity index (χ2n) is 7.14. The van der Waals surface area contributed by atoms with E-state index in [1.807, 2.05) is 0 Å². The third-order valence-electron chi connectivity index (χ3n) is 4.97. The van der Waals surface area contributed by atoms with Crippen molar-refractivity contribution in [2.24, 2.45) is 5.92 Å². The van der Waals surface area contributed by atoms with E-state index in [1.54, 1.807) is 11.1 Å². The molecule has 0 aromatic heterocycles. The maximum Gasteiger partial charge on any atom is 0.0911 e. The van der Waals surface area contributed by atoms with Crippen molar-refractivity contribution in [2.75, 3.05) is 47.8 Å². The molecule has 0 radical (unpaired) electrons. The Hall–Kier alpha value is -0.600. The van der Waals surface area contributed by atoms with Crippen LogP contribution in [-0.4, -0.2) is 57.2 Å². The van der Waals surface area contributed by atoms with Gasteiger partial charge in [-0.3, -0.25) is 0 Å². The minimum atomic E-state index is 0.691. The van der Waals surface area contributed by atoms with Crippen LogP contribution in [0.1, 0.15) is 34.1 Å². The van der Waals surface area contributed by atoms with E-state index in [4.69, 9.17) is 0 Å². The van der Waals surface area contributed by atoms with Gasteiger partial charge in [-0.15, -0.1) is 0 Å². The fraction of sp³-hybridized carbons (Fsp3) is 0.765. The Bertz CT molecular complexity index is 362. The van der Waals surface area contributed by atoms with Crippen LogP contribution in [0.3, 0.4) is 0 Å². The van der Waals surface area contributed by atoms with Crippen LogP contribution in [-0.2, 0) is 0 Å². The summed E-state index contributed by atoms with van der Waals surface area (Å²) in [5.74, 6) is 0.691. The summed E-state index contributed by atoms with van der Waals surface area (Å²) in [7, 11) is 9.03. The van der Waals surface area contributed by atoms with E-state index in [0.717, 1.165) is 4.48 Å². The smallest absolute Gasteiger partial charge is 0.0911 e. The highest BCUT2D eigenvalue weighted by atomic mass is 15.3. The van der Waals surface area contributed by atoms with Gasteiger partial charge in [-0.25, -0.2) is 0 Å². The minimum absolute atomic E-state index is 0.691. The van der Waals surface area contributed by atoms with Crippen LogP contribution in [0, 0.1) is 5.92 Å². The summed E-state index contributed by atoms with van der Waals surface area (Å²) in [5.41, 5.74) is 6.26.